The third kappa shape index (κ3) is 2.56. The van der Waals surface area contributed by atoms with Crippen LogP contribution in [0.25, 0.3) is 0 Å². The molecule has 0 amide bonds. The summed E-state index contributed by atoms with van der Waals surface area (Å²) in [5.41, 5.74) is 5.70. The van der Waals surface area contributed by atoms with E-state index in [0.717, 1.165) is 0 Å². The highest BCUT2D eigenvalue weighted by atomic mass is 16.5. The van der Waals surface area contributed by atoms with Crippen molar-refractivity contribution < 1.29 is 9.84 Å². The lowest BCUT2D eigenvalue weighted by Crippen LogP contribution is -1.96. The first-order chi connectivity index (χ1) is 6.24. The average Bonchev–Trinajstić information content (AvgIpc) is 2.12. The molecule has 0 atom stereocenters. The van der Waals surface area contributed by atoms with Crippen LogP contribution in [0.4, 0.5) is 5.69 Å². The number of ether oxygens (including phenoxy) is 1. The fraction of sp³-hybridized carbons (Fsp3) is 0.222. The maximum Gasteiger partial charge on any atom is 0.138 e. The van der Waals surface area contributed by atoms with Crippen molar-refractivity contribution in [2.24, 2.45) is 0 Å². The number of hydrogen-bond donors (Lipinski definition) is 2. The van der Waals surface area contributed by atoms with Crippen molar-refractivity contribution in [3.8, 4) is 17.6 Å². The minimum absolute atomic E-state index is 0.0348. The SMILES string of the molecule is N#CCCOc1ccc(O)c(N)c1. The van der Waals surface area contributed by atoms with E-state index in [1.807, 2.05) is 6.07 Å². The molecule has 13 heavy (non-hydrogen) atoms. The van der Waals surface area contributed by atoms with Crippen LogP contribution in [0.5, 0.6) is 11.5 Å². The Morgan fingerprint density at radius 2 is 2.31 bits per heavy atom. The molecule has 4 heteroatoms. The van der Waals surface area contributed by atoms with Gasteiger partial charge in [-0.3, -0.25) is 0 Å². The second-order valence-corrected chi connectivity index (χ2v) is 2.48. The van der Waals surface area contributed by atoms with Crippen LogP contribution in [0.2, 0.25) is 0 Å². The Kier molecular flexibility index (Phi) is 2.98. The topological polar surface area (TPSA) is 79.3 Å². The zero-order valence-electron chi connectivity index (χ0n) is 7.03. The van der Waals surface area contributed by atoms with E-state index in [1.54, 1.807) is 6.07 Å². The number of hydrogen-bond acceptors (Lipinski definition) is 4. The zero-order valence-corrected chi connectivity index (χ0v) is 7.03. The molecule has 1 aromatic rings. The molecule has 0 saturated heterocycles. The van der Waals surface area contributed by atoms with Gasteiger partial charge in [0, 0.05) is 6.07 Å². The van der Waals surface area contributed by atoms with Crippen molar-refractivity contribution in [1.29, 1.82) is 5.26 Å². The van der Waals surface area contributed by atoms with Crippen LogP contribution in [0.1, 0.15) is 6.42 Å². The van der Waals surface area contributed by atoms with Gasteiger partial charge in [-0.25, -0.2) is 0 Å². The van der Waals surface area contributed by atoms with E-state index < -0.39 is 0 Å². The highest BCUT2D eigenvalue weighted by Crippen LogP contribution is 2.24. The van der Waals surface area contributed by atoms with Gasteiger partial charge in [-0.15, -0.1) is 0 Å². The lowest BCUT2D eigenvalue weighted by Gasteiger charge is -2.04. The van der Waals surface area contributed by atoms with Crippen LogP contribution in [0, 0.1) is 11.3 Å². The van der Waals surface area contributed by atoms with Crippen molar-refractivity contribution in [2.75, 3.05) is 12.3 Å². The van der Waals surface area contributed by atoms with Crippen LogP contribution in [0.15, 0.2) is 18.2 Å². The molecule has 0 saturated carbocycles. The summed E-state index contributed by atoms with van der Waals surface area (Å²) in [6, 6.07) is 6.53. The van der Waals surface area contributed by atoms with E-state index in [0.29, 0.717) is 18.8 Å². The van der Waals surface area contributed by atoms with Gasteiger partial charge in [0.15, 0.2) is 0 Å². The monoisotopic (exact) mass is 178 g/mol. The van der Waals surface area contributed by atoms with Crippen molar-refractivity contribution in [2.45, 2.75) is 6.42 Å². The Labute approximate surface area is 76.2 Å². The quantitative estimate of drug-likeness (QED) is 0.415. The maximum absolute atomic E-state index is 9.08. The van der Waals surface area contributed by atoms with Crippen LogP contribution < -0.4 is 10.5 Å². The Morgan fingerprint density at radius 3 is 2.92 bits per heavy atom. The van der Waals surface area contributed by atoms with Gasteiger partial charge in [0.25, 0.3) is 0 Å². The minimum atomic E-state index is 0.0348. The fourth-order valence-corrected chi connectivity index (χ4v) is 0.837. The predicted molar refractivity (Wildman–Crippen MR) is 48.2 cm³/mol. The Balaban J connectivity index is 2.59. The van der Waals surface area contributed by atoms with E-state index in [9.17, 15) is 0 Å². The third-order valence-electron chi connectivity index (χ3n) is 1.48. The molecule has 68 valence electrons. The summed E-state index contributed by atoms with van der Waals surface area (Å²) in [6.07, 6.45) is 0.334. The van der Waals surface area contributed by atoms with E-state index in [2.05, 4.69) is 0 Å². The minimum Gasteiger partial charge on any atom is -0.506 e. The standard InChI is InChI=1S/C9H10N2O2/c10-4-1-5-13-7-2-3-9(12)8(11)6-7/h2-3,6,12H,1,5,11H2. The Bertz CT molecular complexity index is 331. The molecule has 0 heterocycles. The summed E-state index contributed by atoms with van der Waals surface area (Å²) in [4.78, 5) is 0. The zero-order chi connectivity index (χ0) is 9.68. The molecule has 1 aromatic carbocycles. The van der Waals surface area contributed by atoms with Crippen LogP contribution in [-0.4, -0.2) is 11.7 Å². The first-order valence-corrected chi connectivity index (χ1v) is 3.82. The molecule has 0 radical (unpaired) electrons. The molecule has 0 fully saturated rings. The number of rotatable bonds is 3. The second kappa shape index (κ2) is 4.21. The first kappa shape index (κ1) is 9.20. The van der Waals surface area contributed by atoms with E-state index in [1.165, 1.54) is 12.1 Å². The maximum atomic E-state index is 9.08. The number of nitrogens with zero attached hydrogens (tertiary/aromatic N) is 1. The molecule has 0 aliphatic carbocycles. The number of anilines is 1. The lowest BCUT2D eigenvalue weighted by molar-refractivity contribution is 0.326. The average molecular weight is 178 g/mol. The van der Waals surface area contributed by atoms with Gasteiger partial charge in [0.1, 0.15) is 18.1 Å². The molecule has 0 aliphatic heterocycles. The Hall–Kier alpha value is -1.89. The van der Waals surface area contributed by atoms with Gasteiger partial charge in [-0.05, 0) is 12.1 Å². The fourth-order valence-electron chi connectivity index (χ4n) is 0.837. The van der Waals surface area contributed by atoms with Gasteiger partial charge in [0.2, 0.25) is 0 Å². The van der Waals surface area contributed by atoms with Crippen LogP contribution in [-0.2, 0) is 0 Å². The highest BCUT2D eigenvalue weighted by Gasteiger charge is 1.98. The molecule has 0 spiro atoms. The second-order valence-electron chi connectivity index (χ2n) is 2.48. The molecular weight excluding hydrogens is 168 g/mol. The highest BCUT2D eigenvalue weighted by molar-refractivity contribution is 5.55. The van der Waals surface area contributed by atoms with Gasteiger partial charge >= 0.3 is 0 Å². The van der Waals surface area contributed by atoms with Gasteiger partial charge < -0.3 is 15.6 Å². The smallest absolute Gasteiger partial charge is 0.138 e. The number of aromatic hydroxyl groups is 1. The molecule has 0 bridgehead atoms. The van der Waals surface area contributed by atoms with Crippen molar-refractivity contribution >= 4 is 5.69 Å². The summed E-state index contributed by atoms with van der Waals surface area (Å²) in [5, 5.41) is 17.3. The third-order valence-corrected chi connectivity index (χ3v) is 1.48. The molecular formula is C9H10N2O2. The number of nitrogens with two attached hydrogens (primary N) is 1. The Morgan fingerprint density at radius 1 is 1.54 bits per heavy atom. The molecule has 1 rings (SSSR count). The lowest BCUT2D eigenvalue weighted by atomic mass is 10.3. The molecule has 4 nitrogen and oxygen atoms in total. The summed E-state index contributed by atoms with van der Waals surface area (Å²) >= 11 is 0. The number of benzene rings is 1. The van der Waals surface area contributed by atoms with E-state index in [4.69, 9.17) is 20.8 Å². The number of nitrogen functional groups attached to an aromatic ring is 1. The van der Waals surface area contributed by atoms with Crippen LogP contribution >= 0.6 is 0 Å². The molecule has 0 aromatic heterocycles. The molecule has 0 unspecified atom stereocenters. The number of phenolic OH excluding ortho intramolecular Hbond substituents is 1. The summed E-state index contributed by atoms with van der Waals surface area (Å²) < 4.78 is 5.17. The number of phenols is 1. The van der Waals surface area contributed by atoms with Crippen molar-refractivity contribution in [3.05, 3.63) is 18.2 Å². The van der Waals surface area contributed by atoms with E-state index in [-0.39, 0.29) is 11.4 Å². The van der Waals surface area contributed by atoms with Gasteiger partial charge in [0.05, 0.1) is 18.2 Å². The normalized spacial score (nSPS) is 9.15. The summed E-state index contributed by atoms with van der Waals surface area (Å²) in [6.45, 7) is 0.334. The van der Waals surface area contributed by atoms with Gasteiger partial charge in [-0.1, -0.05) is 0 Å². The van der Waals surface area contributed by atoms with Gasteiger partial charge in [-0.2, -0.15) is 5.26 Å². The predicted octanol–water partition coefficient (Wildman–Crippen LogP) is 1.27. The molecule has 3 N–H and O–H groups in total. The van der Waals surface area contributed by atoms with Crippen molar-refractivity contribution in [3.63, 3.8) is 0 Å². The summed E-state index contributed by atoms with van der Waals surface area (Å²) in [5.74, 6) is 0.596. The molecule has 0 aliphatic rings. The van der Waals surface area contributed by atoms with Crippen molar-refractivity contribution in [1.82, 2.24) is 0 Å². The first-order valence-electron chi connectivity index (χ1n) is 3.82. The number of nitriles is 1. The van der Waals surface area contributed by atoms with E-state index >= 15 is 0 Å². The largest absolute Gasteiger partial charge is 0.506 e. The summed E-state index contributed by atoms with van der Waals surface area (Å²) in [7, 11) is 0. The van der Waals surface area contributed by atoms with Crippen LogP contribution in [0.3, 0.4) is 0 Å².